The van der Waals surface area contributed by atoms with E-state index in [1.54, 1.807) is 0 Å². The van der Waals surface area contributed by atoms with Crippen LogP contribution in [-0.2, 0) is 16.1 Å². The van der Waals surface area contributed by atoms with E-state index in [9.17, 15) is 0 Å². The number of benzene rings is 5. The Balaban J connectivity index is 1.15. The van der Waals surface area contributed by atoms with E-state index in [1.165, 1.54) is 22.4 Å². The Morgan fingerprint density at radius 1 is 0.816 bits per heavy atom. The fourth-order valence-electron chi connectivity index (χ4n) is 7.21. The highest BCUT2D eigenvalue weighted by molar-refractivity contribution is 9.10. The molecule has 0 aromatic heterocycles. The van der Waals surface area contributed by atoms with Gasteiger partial charge in [0.2, 0.25) is 0 Å². The standard InChI is InChI=1S/C42H39BrN2O3S/c1-28-39(32-17-11-6-12-18-32)48-42(26-37(42)44(28)2)49-40-38(35-24-21-33(43)25-36(35)47-27-29-13-7-4-8-14-29)45(41(40)46-3)34-22-19-31(20-23-34)30-15-9-5-10-16-30/h4-26,28,38-41H,27H2,1-3H3/t28-,38+,39-,40-,41?,42+/m0/s1. The van der Waals surface area contributed by atoms with Gasteiger partial charge in [0.05, 0.1) is 23.0 Å². The molecule has 6 atom stereocenters. The van der Waals surface area contributed by atoms with Crippen molar-refractivity contribution in [3.63, 3.8) is 0 Å². The van der Waals surface area contributed by atoms with Crippen molar-refractivity contribution in [3.05, 3.63) is 166 Å². The molecule has 49 heavy (non-hydrogen) atoms. The van der Waals surface area contributed by atoms with Crippen molar-refractivity contribution in [1.82, 2.24) is 4.90 Å². The lowest BCUT2D eigenvalue weighted by Gasteiger charge is -2.56. The van der Waals surface area contributed by atoms with Crippen LogP contribution in [0.5, 0.6) is 5.75 Å². The average Bonchev–Trinajstić information content (AvgIpc) is 3.87. The molecular formula is C42H39BrN2O3S. The van der Waals surface area contributed by atoms with Crippen LogP contribution in [0.25, 0.3) is 11.1 Å². The summed E-state index contributed by atoms with van der Waals surface area (Å²) in [6.07, 6.45) is 2.04. The zero-order valence-corrected chi connectivity index (χ0v) is 30.2. The van der Waals surface area contributed by atoms with Crippen LogP contribution in [0.4, 0.5) is 5.69 Å². The lowest BCUT2D eigenvalue weighted by Crippen LogP contribution is -2.63. The minimum Gasteiger partial charge on any atom is -0.489 e. The number of nitrogens with zero attached hydrogens (tertiary/aromatic N) is 2. The molecule has 1 aliphatic carbocycles. The molecule has 2 heterocycles. The molecule has 0 amide bonds. The van der Waals surface area contributed by atoms with Gasteiger partial charge in [0.25, 0.3) is 0 Å². The van der Waals surface area contributed by atoms with Crippen molar-refractivity contribution >= 4 is 33.4 Å². The molecule has 3 aliphatic rings. The zero-order chi connectivity index (χ0) is 33.5. The maximum Gasteiger partial charge on any atom is 0.175 e. The van der Waals surface area contributed by atoms with Crippen molar-refractivity contribution in [2.24, 2.45) is 0 Å². The smallest absolute Gasteiger partial charge is 0.175 e. The number of hydrogen-bond donors (Lipinski definition) is 0. The summed E-state index contributed by atoms with van der Waals surface area (Å²) in [5, 5.41) is 0.0473. The molecular weight excluding hydrogens is 692 g/mol. The normalized spacial score (nSPS) is 25.6. The number of anilines is 1. The van der Waals surface area contributed by atoms with Gasteiger partial charge < -0.3 is 24.0 Å². The lowest BCUT2D eigenvalue weighted by atomic mass is 9.90. The second-order valence-corrected chi connectivity index (χ2v) is 15.2. The highest BCUT2D eigenvalue weighted by atomic mass is 79.9. The molecule has 7 heteroatoms. The Hall–Kier alpha value is -4.01. The van der Waals surface area contributed by atoms with Gasteiger partial charge in [0, 0.05) is 29.9 Å². The molecule has 8 rings (SSSR count). The number of ether oxygens (including phenoxy) is 3. The predicted molar refractivity (Wildman–Crippen MR) is 202 cm³/mol. The third-order valence-corrected chi connectivity index (χ3v) is 12.0. The molecule has 0 saturated carbocycles. The van der Waals surface area contributed by atoms with Crippen LogP contribution < -0.4 is 9.64 Å². The van der Waals surface area contributed by atoms with Crippen LogP contribution >= 0.6 is 27.7 Å². The minimum absolute atomic E-state index is 0.0375. The third kappa shape index (κ3) is 6.08. The van der Waals surface area contributed by atoms with Crippen LogP contribution in [0.15, 0.2) is 150 Å². The molecule has 248 valence electrons. The first-order valence-electron chi connectivity index (χ1n) is 16.8. The van der Waals surface area contributed by atoms with E-state index in [1.807, 2.05) is 37.1 Å². The second kappa shape index (κ2) is 13.4. The Labute approximate surface area is 301 Å². The molecule has 0 bridgehead atoms. The number of hydrogen-bond acceptors (Lipinski definition) is 6. The molecule has 2 aliphatic heterocycles. The van der Waals surface area contributed by atoms with E-state index in [0.29, 0.717) is 6.61 Å². The number of methoxy groups -OCH3 is 1. The van der Waals surface area contributed by atoms with Crippen molar-refractivity contribution in [3.8, 4) is 16.9 Å². The summed E-state index contributed by atoms with van der Waals surface area (Å²) in [6.45, 7) is 2.73. The number of likely N-dealkylation sites (N-methyl/N-ethyl adjacent to an activating group) is 1. The fourth-order valence-corrected chi connectivity index (χ4v) is 9.33. The van der Waals surface area contributed by atoms with Crippen LogP contribution in [0, 0.1) is 0 Å². The molecule has 5 aromatic rings. The van der Waals surface area contributed by atoms with Gasteiger partial charge >= 0.3 is 0 Å². The molecule has 0 radical (unpaired) electrons. The predicted octanol–water partition coefficient (Wildman–Crippen LogP) is 10.0. The summed E-state index contributed by atoms with van der Waals surface area (Å²) >= 11 is 5.58. The first-order chi connectivity index (χ1) is 24.0. The molecule has 0 N–H and O–H groups in total. The molecule has 0 spiro atoms. The van der Waals surface area contributed by atoms with Gasteiger partial charge in [-0.05, 0) is 59.5 Å². The summed E-state index contributed by atoms with van der Waals surface area (Å²) in [5.41, 5.74) is 8.15. The summed E-state index contributed by atoms with van der Waals surface area (Å²) in [4.78, 5) is 4.26. The van der Waals surface area contributed by atoms with Gasteiger partial charge in [0.1, 0.15) is 24.7 Å². The van der Waals surface area contributed by atoms with Crippen molar-refractivity contribution in [1.29, 1.82) is 0 Å². The number of fused-ring (bicyclic) bond motifs is 1. The highest BCUT2D eigenvalue weighted by Gasteiger charge is 2.62. The third-order valence-electron chi connectivity index (χ3n) is 9.98. The summed E-state index contributed by atoms with van der Waals surface area (Å²) in [5.74, 6) is 0.855. The fraction of sp³-hybridized carbons (Fsp3) is 0.238. The second-order valence-electron chi connectivity index (χ2n) is 12.9. The number of morpholine rings is 1. The van der Waals surface area contributed by atoms with Crippen molar-refractivity contribution < 1.29 is 14.2 Å². The van der Waals surface area contributed by atoms with Gasteiger partial charge in [-0.15, -0.1) is 11.8 Å². The zero-order valence-electron chi connectivity index (χ0n) is 27.8. The molecule has 2 saturated heterocycles. The Kier molecular flexibility index (Phi) is 8.79. The van der Waals surface area contributed by atoms with E-state index >= 15 is 0 Å². The molecule has 5 aromatic carbocycles. The largest absolute Gasteiger partial charge is 0.489 e. The SMILES string of the molecule is COC1[C@@H](S[C@]23C=C2N(C)[C@@H](C)[C@@H](c2ccccc2)O3)[C@@H](c2ccc(Br)cc2OCc2ccccc2)N1c1ccc(-c2ccccc2)cc1. The van der Waals surface area contributed by atoms with Gasteiger partial charge in [-0.1, -0.05) is 125 Å². The van der Waals surface area contributed by atoms with E-state index in [4.69, 9.17) is 14.2 Å². The molecule has 1 unspecified atom stereocenters. The van der Waals surface area contributed by atoms with E-state index in [2.05, 4.69) is 161 Å². The molecule has 5 nitrogen and oxygen atoms in total. The first-order valence-corrected chi connectivity index (χ1v) is 18.4. The van der Waals surface area contributed by atoms with E-state index in [0.717, 1.165) is 27.0 Å². The Bertz CT molecular complexity index is 1940. The number of halogens is 1. The van der Waals surface area contributed by atoms with Crippen LogP contribution in [0.3, 0.4) is 0 Å². The van der Waals surface area contributed by atoms with E-state index in [-0.39, 0.29) is 29.7 Å². The molecule has 2 fully saturated rings. The summed E-state index contributed by atoms with van der Waals surface area (Å²) in [7, 11) is 4.00. The van der Waals surface area contributed by atoms with Crippen LogP contribution in [0.2, 0.25) is 0 Å². The topological polar surface area (TPSA) is 34.2 Å². The Morgan fingerprint density at radius 2 is 1.47 bits per heavy atom. The maximum absolute atomic E-state index is 7.08. The number of thioether (sulfide) groups is 1. The van der Waals surface area contributed by atoms with Gasteiger partial charge in [-0.25, -0.2) is 0 Å². The lowest BCUT2D eigenvalue weighted by molar-refractivity contribution is -0.0533. The monoisotopic (exact) mass is 730 g/mol. The van der Waals surface area contributed by atoms with Crippen molar-refractivity contribution in [2.45, 2.75) is 48.1 Å². The first kappa shape index (κ1) is 32.2. The quantitative estimate of drug-likeness (QED) is 0.142. The number of rotatable bonds is 10. The van der Waals surface area contributed by atoms with Crippen LogP contribution in [0.1, 0.15) is 35.8 Å². The van der Waals surface area contributed by atoms with Gasteiger partial charge in [-0.3, -0.25) is 0 Å². The Morgan fingerprint density at radius 3 is 2.16 bits per heavy atom. The van der Waals surface area contributed by atoms with Crippen molar-refractivity contribution in [2.75, 3.05) is 19.1 Å². The highest BCUT2D eigenvalue weighted by Crippen LogP contribution is 2.63. The average molecular weight is 732 g/mol. The van der Waals surface area contributed by atoms with E-state index < -0.39 is 4.93 Å². The van der Waals surface area contributed by atoms with Gasteiger partial charge in [-0.2, -0.15) is 0 Å². The van der Waals surface area contributed by atoms with Gasteiger partial charge in [0.15, 0.2) is 4.93 Å². The minimum atomic E-state index is -0.523. The summed E-state index contributed by atoms with van der Waals surface area (Å²) < 4.78 is 21.0. The van der Waals surface area contributed by atoms with Crippen LogP contribution in [-0.4, -0.2) is 41.5 Å². The maximum atomic E-state index is 7.08. The summed E-state index contributed by atoms with van der Waals surface area (Å²) in [6, 6.07) is 46.8.